The third-order valence-electron chi connectivity index (χ3n) is 2.43. The summed E-state index contributed by atoms with van der Waals surface area (Å²) in [6.45, 7) is 7.19. The summed E-state index contributed by atoms with van der Waals surface area (Å²) in [5.74, 6) is -1.34. The molecule has 1 aromatic heterocycles. The molecule has 0 saturated heterocycles. The van der Waals surface area contributed by atoms with Gasteiger partial charge in [0.15, 0.2) is 0 Å². The Morgan fingerprint density at radius 2 is 2.11 bits per heavy atom. The number of carbonyl (C=O) groups excluding carboxylic acids is 1. The lowest BCUT2D eigenvalue weighted by Gasteiger charge is -2.27. The molecule has 18 heavy (non-hydrogen) atoms. The average molecular weight is 270 g/mol. The molecular formula is C12H18N2O3S. The van der Waals surface area contributed by atoms with E-state index in [2.05, 4.69) is 10.3 Å². The minimum atomic E-state index is -1.02. The third-order valence-corrected chi connectivity index (χ3v) is 3.25. The van der Waals surface area contributed by atoms with Crippen LogP contribution in [-0.2, 0) is 16.0 Å². The molecule has 1 rings (SSSR count). The van der Waals surface area contributed by atoms with Gasteiger partial charge in [-0.05, 0) is 12.3 Å². The maximum absolute atomic E-state index is 11.8. The van der Waals surface area contributed by atoms with Gasteiger partial charge in [0.1, 0.15) is 6.04 Å². The Morgan fingerprint density at radius 1 is 1.50 bits per heavy atom. The summed E-state index contributed by atoms with van der Waals surface area (Å²) in [7, 11) is 0. The molecule has 0 radical (unpaired) electrons. The van der Waals surface area contributed by atoms with Crippen molar-refractivity contribution in [2.45, 2.75) is 40.2 Å². The van der Waals surface area contributed by atoms with Crippen molar-refractivity contribution in [2.24, 2.45) is 5.41 Å². The zero-order chi connectivity index (χ0) is 13.9. The zero-order valence-electron chi connectivity index (χ0n) is 11.0. The molecule has 0 spiro atoms. The average Bonchev–Trinajstić information content (AvgIpc) is 2.58. The van der Waals surface area contributed by atoms with Crippen molar-refractivity contribution in [2.75, 3.05) is 0 Å². The maximum Gasteiger partial charge on any atom is 0.326 e. The third kappa shape index (κ3) is 4.10. The number of aromatic nitrogens is 1. The fourth-order valence-corrected chi connectivity index (χ4v) is 2.13. The Labute approximate surface area is 110 Å². The monoisotopic (exact) mass is 270 g/mol. The largest absolute Gasteiger partial charge is 0.480 e. The van der Waals surface area contributed by atoms with Crippen LogP contribution in [-0.4, -0.2) is 28.0 Å². The number of nitrogens with one attached hydrogen (secondary N) is 1. The number of hydrogen-bond acceptors (Lipinski definition) is 4. The highest BCUT2D eigenvalue weighted by atomic mass is 32.1. The van der Waals surface area contributed by atoms with Crippen LogP contribution in [0.4, 0.5) is 0 Å². The molecule has 0 bridgehead atoms. The van der Waals surface area contributed by atoms with Gasteiger partial charge in [-0.3, -0.25) is 4.79 Å². The Morgan fingerprint density at radius 3 is 2.50 bits per heavy atom. The number of carbonyl (C=O) groups is 2. The van der Waals surface area contributed by atoms with Crippen molar-refractivity contribution in [3.8, 4) is 0 Å². The summed E-state index contributed by atoms with van der Waals surface area (Å²) in [6.07, 6.45) is 0.115. The van der Waals surface area contributed by atoms with Gasteiger partial charge in [0.25, 0.3) is 0 Å². The van der Waals surface area contributed by atoms with Crippen LogP contribution in [0.3, 0.4) is 0 Å². The van der Waals surface area contributed by atoms with Gasteiger partial charge in [0.2, 0.25) is 5.91 Å². The van der Waals surface area contributed by atoms with Crippen LogP contribution >= 0.6 is 11.3 Å². The van der Waals surface area contributed by atoms with Crippen molar-refractivity contribution >= 4 is 23.2 Å². The first-order chi connectivity index (χ1) is 8.20. The van der Waals surface area contributed by atoms with E-state index in [-0.39, 0.29) is 12.3 Å². The molecule has 0 aliphatic rings. The SMILES string of the molecule is Cc1nc(CC(=O)N[C@H](C(=O)O)C(C)(C)C)cs1. The topological polar surface area (TPSA) is 79.3 Å². The molecule has 0 saturated carbocycles. The standard InChI is InChI=1S/C12H18N2O3S/c1-7-13-8(6-18-7)5-9(15)14-10(11(16)17)12(2,3)4/h6,10H,5H2,1-4H3,(H,14,15)(H,16,17)/t10-/m1/s1. The number of aliphatic carboxylic acids is 1. The van der Waals surface area contributed by atoms with Crippen LogP contribution in [0.15, 0.2) is 5.38 Å². The van der Waals surface area contributed by atoms with Crippen LogP contribution in [0, 0.1) is 12.3 Å². The summed E-state index contributed by atoms with van der Waals surface area (Å²) in [6, 6.07) is -0.898. The second-order valence-corrected chi connectivity index (χ2v) is 6.30. The quantitative estimate of drug-likeness (QED) is 0.871. The van der Waals surface area contributed by atoms with Crippen LogP contribution in [0.1, 0.15) is 31.5 Å². The molecule has 1 atom stereocenters. The second-order valence-electron chi connectivity index (χ2n) is 5.24. The van der Waals surface area contributed by atoms with E-state index >= 15 is 0 Å². The van der Waals surface area contributed by atoms with Gasteiger partial charge in [-0.1, -0.05) is 20.8 Å². The van der Waals surface area contributed by atoms with Crippen molar-refractivity contribution < 1.29 is 14.7 Å². The number of carboxylic acid groups (broad SMARTS) is 1. The van der Waals surface area contributed by atoms with Gasteiger partial charge in [-0.15, -0.1) is 11.3 Å². The predicted molar refractivity (Wildman–Crippen MR) is 69.6 cm³/mol. The summed E-state index contributed by atoms with van der Waals surface area (Å²) in [4.78, 5) is 27.1. The van der Waals surface area contributed by atoms with Gasteiger partial charge in [0.05, 0.1) is 17.1 Å². The highest BCUT2D eigenvalue weighted by molar-refractivity contribution is 7.09. The van der Waals surface area contributed by atoms with Gasteiger partial charge >= 0.3 is 5.97 Å². The van der Waals surface area contributed by atoms with Gasteiger partial charge < -0.3 is 10.4 Å². The highest BCUT2D eigenvalue weighted by Crippen LogP contribution is 2.19. The molecule has 5 nitrogen and oxygen atoms in total. The first-order valence-corrected chi connectivity index (χ1v) is 6.51. The van der Waals surface area contributed by atoms with Gasteiger partial charge in [0, 0.05) is 5.38 Å². The van der Waals surface area contributed by atoms with E-state index in [9.17, 15) is 9.59 Å². The van der Waals surface area contributed by atoms with E-state index in [1.54, 1.807) is 20.8 Å². The lowest BCUT2D eigenvalue weighted by Crippen LogP contribution is -2.49. The van der Waals surface area contributed by atoms with E-state index in [0.717, 1.165) is 5.01 Å². The number of carboxylic acids is 1. The van der Waals surface area contributed by atoms with Crippen LogP contribution < -0.4 is 5.32 Å². The van der Waals surface area contributed by atoms with Crippen LogP contribution in [0.25, 0.3) is 0 Å². The van der Waals surface area contributed by atoms with Crippen LogP contribution in [0.2, 0.25) is 0 Å². The minimum Gasteiger partial charge on any atom is -0.480 e. The Hall–Kier alpha value is -1.43. The Bertz CT molecular complexity index is 448. The molecule has 100 valence electrons. The van der Waals surface area contributed by atoms with Crippen LogP contribution in [0.5, 0.6) is 0 Å². The fraction of sp³-hybridized carbons (Fsp3) is 0.583. The van der Waals surface area contributed by atoms with E-state index in [1.807, 2.05) is 12.3 Å². The van der Waals surface area contributed by atoms with Crippen molar-refractivity contribution in [1.29, 1.82) is 0 Å². The second kappa shape index (κ2) is 5.48. The fourth-order valence-electron chi connectivity index (χ4n) is 1.51. The van der Waals surface area contributed by atoms with E-state index in [1.165, 1.54) is 11.3 Å². The predicted octanol–water partition coefficient (Wildman–Crippen LogP) is 1.61. The molecule has 0 aliphatic heterocycles. The highest BCUT2D eigenvalue weighted by Gasteiger charge is 2.32. The molecule has 0 unspecified atom stereocenters. The van der Waals surface area contributed by atoms with E-state index < -0.39 is 17.4 Å². The lowest BCUT2D eigenvalue weighted by atomic mass is 9.86. The molecule has 1 heterocycles. The molecule has 2 N–H and O–H groups in total. The lowest BCUT2D eigenvalue weighted by molar-refractivity contribution is -0.144. The Balaban J connectivity index is 2.65. The number of amides is 1. The normalized spacial score (nSPS) is 13.1. The number of hydrogen-bond donors (Lipinski definition) is 2. The maximum atomic E-state index is 11.8. The number of nitrogens with zero attached hydrogens (tertiary/aromatic N) is 1. The van der Waals surface area contributed by atoms with Gasteiger partial charge in [-0.25, -0.2) is 9.78 Å². The molecule has 1 amide bonds. The minimum absolute atomic E-state index is 0.115. The molecule has 0 aliphatic carbocycles. The summed E-state index contributed by atoms with van der Waals surface area (Å²) in [5.41, 5.74) is 0.146. The zero-order valence-corrected chi connectivity index (χ0v) is 11.8. The first-order valence-electron chi connectivity index (χ1n) is 5.63. The number of rotatable bonds is 4. The number of aryl methyl sites for hydroxylation is 1. The van der Waals surface area contributed by atoms with E-state index in [4.69, 9.17) is 5.11 Å². The first kappa shape index (κ1) is 14.6. The molecular weight excluding hydrogens is 252 g/mol. The Kier molecular flexibility index (Phi) is 4.45. The van der Waals surface area contributed by atoms with Gasteiger partial charge in [-0.2, -0.15) is 0 Å². The summed E-state index contributed by atoms with van der Waals surface area (Å²) < 4.78 is 0. The molecule has 1 aromatic rings. The summed E-state index contributed by atoms with van der Waals surface area (Å²) >= 11 is 1.47. The molecule has 0 aromatic carbocycles. The molecule has 6 heteroatoms. The van der Waals surface area contributed by atoms with Crippen molar-refractivity contribution in [1.82, 2.24) is 10.3 Å². The van der Waals surface area contributed by atoms with Crippen molar-refractivity contribution in [3.63, 3.8) is 0 Å². The number of thiazole rings is 1. The van der Waals surface area contributed by atoms with Crippen molar-refractivity contribution in [3.05, 3.63) is 16.1 Å². The smallest absolute Gasteiger partial charge is 0.326 e. The molecule has 0 fully saturated rings. The summed E-state index contributed by atoms with van der Waals surface area (Å²) in [5, 5.41) is 14.3. The van der Waals surface area contributed by atoms with E-state index in [0.29, 0.717) is 5.69 Å².